The molecule has 31 heavy (non-hydrogen) atoms. The molecule has 1 unspecified atom stereocenters. The minimum atomic E-state index is -4.94. The van der Waals surface area contributed by atoms with Gasteiger partial charge in [0.25, 0.3) is 0 Å². The van der Waals surface area contributed by atoms with E-state index in [1.165, 1.54) is 20.2 Å². The molecule has 0 aliphatic carbocycles. The number of aliphatic imine (C=N–C) groups is 2. The molecule has 0 radical (unpaired) electrons. The number of nitrogens with two attached hydrogens (primary N) is 2. The molecule has 2 aromatic rings. The van der Waals surface area contributed by atoms with Gasteiger partial charge in [0, 0.05) is 17.8 Å². The van der Waals surface area contributed by atoms with Gasteiger partial charge in [-0.3, -0.25) is 0 Å². The Kier molecular flexibility index (Phi) is 6.85. The number of aromatic nitrogens is 2. The number of hydrogen-bond acceptors (Lipinski definition) is 7. The predicted octanol–water partition coefficient (Wildman–Crippen LogP) is 2.55. The van der Waals surface area contributed by atoms with Crippen LogP contribution in [0.4, 0.5) is 24.7 Å². The molecule has 2 rings (SSSR count). The van der Waals surface area contributed by atoms with Crippen molar-refractivity contribution >= 4 is 23.2 Å². The van der Waals surface area contributed by atoms with Crippen LogP contribution in [0, 0.1) is 0 Å². The van der Waals surface area contributed by atoms with Gasteiger partial charge in [-0.15, -0.1) is 0 Å². The zero-order valence-electron chi connectivity index (χ0n) is 17.0. The fraction of sp³-hybridized carbons (Fsp3) is 0.263. The summed E-state index contributed by atoms with van der Waals surface area (Å²) < 4.78 is 44.9. The van der Waals surface area contributed by atoms with Crippen molar-refractivity contribution in [2.45, 2.75) is 25.6 Å². The standard InChI is InChI=1S/C19H22F3N7O2/c1-10(23)27-11(2)28-16(24)14-7-12(18(3,30)19(20,21)22)8-26-17(14)29-13-5-6-15(31-4)25-9-13/h5-9,30H,1,23H2,2-4H3,(H,26,29)(H2,24,27,28). The summed E-state index contributed by atoms with van der Waals surface area (Å²) in [5, 5.41) is 12.9. The van der Waals surface area contributed by atoms with Gasteiger partial charge in [0.1, 0.15) is 23.3 Å². The van der Waals surface area contributed by atoms with Crippen LogP contribution in [0.2, 0.25) is 0 Å². The summed E-state index contributed by atoms with van der Waals surface area (Å²) in [6, 6.07) is 4.24. The summed E-state index contributed by atoms with van der Waals surface area (Å²) in [4.78, 5) is 15.9. The Hall–Kier alpha value is -3.67. The Morgan fingerprint density at radius 2 is 1.87 bits per heavy atom. The van der Waals surface area contributed by atoms with Crippen LogP contribution in [0.15, 0.2) is 53.0 Å². The van der Waals surface area contributed by atoms with Crippen LogP contribution in [-0.2, 0) is 5.60 Å². The lowest BCUT2D eigenvalue weighted by Gasteiger charge is -2.27. The number of alkyl halides is 3. The third-order valence-corrected chi connectivity index (χ3v) is 4.07. The lowest BCUT2D eigenvalue weighted by Crippen LogP contribution is -2.39. The first kappa shape index (κ1) is 23.6. The average Bonchev–Trinajstić information content (AvgIpc) is 2.67. The Morgan fingerprint density at radius 3 is 2.39 bits per heavy atom. The van der Waals surface area contributed by atoms with Crippen LogP contribution in [0.1, 0.15) is 25.0 Å². The lowest BCUT2D eigenvalue weighted by atomic mass is 9.95. The highest BCUT2D eigenvalue weighted by atomic mass is 19.4. The maximum absolute atomic E-state index is 13.3. The van der Waals surface area contributed by atoms with Crippen LogP contribution < -0.4 is 21.5 Å². The molecule has 2 heterocycles. The number of hydrogen-bond donors (Lipinski definition) is 4. The number of halogens is 3. The molecule has 0 aliphatic rings. The van der Waals surface area contributed by atoms with E-state index in [0.717, 1.165) is 12.3 Å². The lowest BCUT2D eigenvalue weighted by molar-refractivity contribution is -0.259. The largest absolute Gasteiger partial charge is 0.481 e. The molecule has 166 valence electrons. The number of pyridine rings is 2. The van der Waals surface area contributed by atoms with Crippen molar-refractivity contribution < 1.29 is 23.0 Å². The topological polar surface area (TPSA) is 144 Å². The van der Waals surface area contributed by atoms with Crippen molar-refractivity contribution in [2.75, 3.05) is 12.4 Å². The number of aliphatic hydroxyl groups is 1. The number of methoxy groups -OCH3 is 1. The van der Waals surface area contributed by atoms with Crippen molar-refractivity contribution in [1.29, 1.82) is 0 Å². The number of rotatable bonds is 6. The monoisotopic (exact) mass is 437 g/mol. The normalized spacial score (nSPS) is 14.7. The summed E-state index contributed by atoms with van der Waals surface area (Å²) in [6.07, 6.45) is -2.61. The third kappa shape index (κ3) is 5.69. The molecule has 0 fully saturated rings. The molecule has 0 saturated heterocycles. The van der Waals surface area contributed by atoms with Gasteiger partial charge in [-0.25, -0.2) is 20.0 Å². The molecule has 2 aromatic heterocycles. The van der Waals surface area contributed by atoms with Gasteiger partial charge in [-0.2, -0.15) is 13.2 Å². The number of nitrogens with zero attached hydrogens (tertiary/aromatic N) is 4. The first-order valence-corrected chi connectivity index (χ1v) is 8.76. The SMILES string of the molecule is C=C(N)N=C(C)N=C(N)c1cc(C(C)(O)C(F)(F)F)cnc1Nc1ccc(OC)nc1. The Labute approximate surface area is 176 Å². The first-order valence-electron chi connectivity index (χ1n) is 8.76. The highest BCUT2D eigenvalue weighted by Gasteiger charge is 2.51. The first-order chi connectivity index (χ1) is 14.3. The van der Waals surface area contributed by atoms with E-state index in [4.69, 9.17) is 16.2 Å². The van der Waals surface area contributed by atoms with Crippen LogP contribution in [-0.4, -0.2) is 40.0 Å². The summed E-state index contributed by atoms with van der Waals surface area (Å²) >= 11 is 0. The van der Waals surface area contributed by atoms with Gasteiger partial charge >= 0.3 is 6.18 Å². The van der Waals surface area contributed by atoms with Crippen molar-refractivity contribution in [1.82, 2.24) is 9.97 Å². The smallest absolute Gasteiger partial charge is 0.421 e. The van der Waals surface area contributed by atoms with Crippen LogP contribution in [0.3, 0.4) is 0 Å². The van der Waals surface area contributed by atoms with Crippen molar-refractivity contribution in [2.24, 2.45) is 21.5 Å². The van der Waals surface area contributed by atoms with Crippen LogP contribution >= 0.6 is 0 Å². The maximum atomic E-state index is 13.3. The number of nitrogens with one attached hydrogen (secondary N) is 1. The second-order valence-corrected chi connectivity index (χ2v) is 6.55. The van der Waals surface area contributed by atoms with Gasteiger partial charge in [0.15, 0.2) is 5.60 Å². The highest BCUT2D eigenvalue weighted by Crippen LogP contribution is 2.39. The number of anilines is 2. The molecule has 0 amide bonds. The number of amidine groups is 2. The second kappa shape index (κ2) is 9.00. The Bertz CT molecular complexity index is 1020. The molecular weight excluding hydrogens is 415 g/mol. The van der Waals surface area contributed by atoms with Crippen LogP contribution in [0.5, 0.6) is 5.88 Å². The molecule has 0 aromatic carbocycles. The van der Waals surface area contributed by atoms with E-state index in [1.807, 2.05) is 0 Å². The summed E-state index contributed by atoms with van der Waals surface area (Å²) in [7, 11) is 1.46. The van der Waals surface area contributed by atoms with E-state index < -0.39 is 17.3 Å². The quantitative estimate of drug-likeness (QED) is 0.401. The van der Waals surface area contributed by atoms with Gasteiger partial charge in [-0.1, -0.05) is 6.58 Å². The minimum Gasteiger partial charge on any atom is -0.481 e. The second-order valence-electron chi connectivity index (χ2n) is 6.55. The summed E-state index contributed by atoms with van der Waals surface area (Å²) in [5.41, 5.74) is 8.18. The predicted molar refractivity (Wildman–Crippen MR) is 111 cm³/mol. The van der Waals surface area contributed by atoms with Gasteiger partial charge in [0.05, 0.1) is 24.6 Å². The van der Waals surface area contributed by atoms with Crippen molar-refractivity contribution in [3.63, 3.8) is 0 Å². The molecular formula is C19H22F3N7O2. The Morgan fingerprint density at radius 1 is 1.19 bits per heavy atom. The highest BCUT2D eigenvalue weighted by molar-refractivity contribution is 6.08. The van der Waals surface area contributed by atoms with E-state index in [9.17, 15) is 18.3 Å². The van der Waals surface area contributed by atoms with E-state index in [2.05, 4.69) is 31.8 Å². The molecule has 0 bridgehead atoms. The van der Waals surface area contributed by atoms with E-state index in [0.29, 0.717) is 18.5 Å². The van der Waals surface area contributed by atoms with E-state index >= 15 is 0 Å². The fourth-order valence-corrected chi connectivity index (χ4v) is 2.37. The molecule has 0 spiro atoms. The van der Waals surface area contributed by atoms with E-state index in [-0.39, 0.29) is 28.9 Å². The van der Waals surface area contributed by atoms with Gasteiger partial charge < -0.3 is 26.6 Å². The maximum Gasteiger partial charge on any atom is 0.421 e. The molecule has 12 heteroatoms. The van der Waals surface area contributed by atoms with Crippen molar-refractivity contribution in [3.05, 3.63) is 54.1 Å². The van der Waals surface area contributed by atoms with Gasteiger partial charge in [-0.05, 0) is 26.0 Å². The van der Waals surface area contributed by atoms with Gasteiger partial charge in [0.2, 0.25) is 5.88 Å². The summed E-state index contributed by atoms with van der Waals surface area (Å²) in [5.74, 6) is 0.331. The average molecular weight is 437 g/mol. The molecule has 0 aliphatic heterocycles. The summed E-state index contributed by atoms with van der Waals surface area (Å²) in [6.45, 7) is 5.51. The molecule has 1 atom stereocenters. The molecule has 6 N–H and O–H groups in total. The molecule has 0 saturated carbocycles. The number of ether oxygens (including phenoxy) is 1. The molecule has 9 nitrogen and oxygen atoms in total. The third-order valence-electron chi connectivity index (χ3n) is 4.07. The Balaban J connectivity index is 2.58. The fourth-order valence-electron chi connectivity index (χ4n) is 2.37. The van der Waals surface area contributed by atoms with E-state index in [1.54, 1.807) is 12.1 Å². The van der Waals surface area contributed by atoms with Crippen LogP contribution in [0.25, 0.3) is 0 Å². The van der Waals surface area contributed by atoms with Crippen molar-refractivity contribution in [3.8, 4) is 5.88 Å². The minimum absolute atomic E-state index is 0.00460. The zero-order valence-corrected chi connectivity index (χ0v) is 17.0. The zero-order chi connectivity index (χ0) is 23.4.